The van der Waals surface area contributed by atoms with E-state index < -0.39 is 24.2 Å². The predicted octanol–water partition coefficient (Wildman–Crippen LogP) is 7.15. The fourth-order valence-corrected chi connectivity index (χ4v) is 4.70. The topological polar surface area (TPSA) is 50.2 Å². The van der Waals surface area contributed by atoms with Gasteiger partial charge in [0.2, 0.25) is 0 Å². The van der Waals surface area contributed by atoms with Crippen molar-refractivity contribution >= 4 is 33.3 Å². The Balaban J connectivity index is 1.55. The quantitative estimate of drug-likeness (QED) is 0.285. The van der Waals surface area contributed by atoms with Crippen LogP contribution in [0.1, 0.15) is 40.0 Å². The molecule has 2 atom stereocenters. The lowest BCUT2D eigenvalue weighted by atomic mass is 9.96. The first kappa shape index (κ1) is 24.1. The normalized spacial score (nSPS) is 17.2. The molecule has 0 spiro atoms. The van der Waals surface area contributed by atoms with Gasteiger partial charge in [-0.1, -0.05) is 76.6 Å². The molecule has 0 radical (unpaired) electrons. The van der Waals surface area contributed by atoms with Gasteiger partial charge in [-0.3, -0.25) is 4.79 Å². The lowest BCUT2D eigenvalue weighted by Crippen LogP contribution is -2.37. The van der Waals surface area contributed by atoms with E-state index >= 15 is 0 Å². The predicted molar refractivity (Wildman–Crippen MR) is 136 cm³/mol. The van der Waals surface area contributed by atoms with Crippen molar-refractivity contribution in [1.82, 2.24) is 9.78 Å². The average Bonchev–Trinajstić information content (AvgIpc) is 3.31. The number of carbonyl (C=O) groups excluding carboxylic acids is 1. The number of aromatic nitrogens is 2. The van der Waals surface area contributed by atoms with Crippen LogP contribution in [0.25, 0.3) is 0 Å². The van der Waals surface area contributed by atoms with Crippen molar-refractivity contribution in [2.24, 2.45) is 0 Å². The molecule has 5 nitrogen and oxygen atoms in total. The number of anilines is 2. The number of carbonyl (C=O) groups is 1. The summed E-state index contributed by atoms with van der Waals surface area (Å²) in [7, 11) is 0. The van der Waals surface area contributed by atoms with Crippen molar-refractivity contribution in [2.45, 2.75) is 31.2 Å². The van der Waals surface area contributed by atoms with Gasteiger partial charge in [0.05, 0.1) is 18.8 Å². The SMILES string of the molecule is O=C(c1cnn2c1N[C@@H](c1ccc(Br)cc1)C[C@@H]2C(F)(F)F)N(Cc1ccccc1)c1ccccc1. The minimum atomic E-state index is -4.53. The third-order valence-corrected chi connectivity index (χ3v) is 6.77. The van der Waals surface area contributed by atoms with Gasteiger partial charge in [0.15, 0.2) is 6.04 Å². The summed E-state index contributed by atoms with van der Waals surface area (Å²) < 4.78 is 44.0. The van der Waals surface area contributed by atoms with Crippen LogP contribution in [0.3, 0.4) is 0 Å². The number of nitrogens with zero attached hydrogens (tertiary/aromatic N) is 3. The second kappa shape index (κ2) is 9.81. The van der Waals surface area contributed by atoms with E-state index in [1.165, 1.54) is 6.20 Å². The molecule has 2 heterocycles. The fraction of sp³-hybridized carbons (Fsp3) is 0.185. The maximum absolute atomic E-state index is 14.1. The van der Waals surface area contributed by atoms with Gasteiger partial charge in [-0.25, -0.2) is 4.68 Å². The van der Waals surface area contributed by atoms with Crippen LogP contribution in [0.15, 0.2) is 95.6 Å². The molecule has 1 aliphatic heterocycles. The lowest BCUT2D eigenvalue weighted by Gasteiger charge is -2.34. The van der Waals surface area contributed by atoms with E-state index in [1.807, 2.05) is 48.5 Å². The lowest BCUT2D eigenvalue weighted by molar-refractivity contribution is -0.173. The average molecular weight is 555 g/mol. The van der Waals surface area contributed by atoms with Crippen LogP contribution < -0.4 is 10.2 Å². The molecule has 1 amide bonds. The van der Waals surface area contributed by atoms with E-state index in [2.05, 4.69) is 26.3 Å². The Bertz CT molecular complexity index is 1340. The summed E-state index contributed by atoms with van der Waals surface area (Å²) in [6.45, 7) is 0.257. The third-order valence-electron chi connectivity index (χ3n) is 6.24. The number of para-hydroxylation sites is 1. The first-order valence-corrected chi connectivity index (χ1v) is 12.2. The molecule has 0 unspecified atom stereocenters. The van der Waals surface area contributed by atoms with Gasteiger partial charge in [-0.05, 0) is 35.4 Å². The second-order valence-electron chi connectivity index (χ2n) is 8.61. The smallest absolute Gasteiger partial charge is 0.363 e. The summed E-state index contributed by atoms with van der Waals surface area (Å²) in [6.07, 6.45) is -3.53. The van der Waals surface area contributed by atoms with E-state index in [-0.39, 0.29) is 24.3 Å². The zero-order valence-electron chi connectivity index (χ0n) is 19.0. The number of alkyl halides is 3. The van der Waals surface area contributed by atoms with Crippen LogP contribution in [0, 0.1) is 0 Å². The first-order chi connectivity index (χ1) is 17.3. The Morgan fingerprint density at radius 2 is 1.64 bits per heavy atom. The molecule has 1 aromatic heterocycles. The number of amides is 1. The minimum absolute atomic E-state index is 0.0653. The molecule has 4 aromatic rings. The number of rotatable bonds is 5. The molecular formula is C27H22BrF3N4O. The Morgan fingerprint density at radius 1 is 1.00 bits per heavy atom. The summed E-state index contributed by atoms with van der Waals surface area (Å²) in [5.74, 6) is -0.369. The van der Waals surface area contributed by atoms with Gasteiger partial charge >= 0.3 is 6.18 Å². The zero-order valence-corrected chi connectivity index (χ0v) is 20.6. The van der Waals surface area contributed by atoms with Gasteiger partial charge in [0.1, 0.15) is 11.4 Å². The van der Waals surface area contributed by atoms with E-state index in [1.54, 1.807) is 41.3 Å². The summed E-state index contributed by atoms with van der Waals surface area (Å²) in [5.41, 5.74) is 2.32. The van der Waals surface area contributed by atoms with Gasteiger partial charge in [-0.15, -0.1) is 0 Å². The van der Waals surface area contributed by atoms with Crippen LogP contribution in [-0.4, -0.2) is 21.9 Å². The fourth-order valence-electron chi connectivity index (χ4n) is 4.43. The molecule has 3 aromatic carbocycles. The van der Waals surface area contributed by atoms with Crippen LogP contribution in [0.2, 0.25) is 0 Å². The zero-order chi connectivity index (χ0) is 25.3. The number of benzene rings is 3. The second-order valence-corrected chi connectivity index (χ2v) is 9.52. The Kier molecular flexibility index (Phi) is 6.57. The van der Waals surface area contributed by atoms with E-state index in [4.69, 9.17) is 0 Å². The van der Waals surface area contributed by atoms with Gasteiger partial charge in [0, 0.05) is 16.6 Å². The van der Waals surface area contributed by atoms with Crippen molar-refractivity contribution in [3.8, 4) is 0 Å². The van der Waals surface area contributed by atoms with Crippen molar-refractivity contribution in [3.05, 3.63) is 112 Å². The Hall–Kier alpha value is -3.59. The summed E-state index contributed by atoms with van der Waals surface area (Å²) >= 11 is 3.36. The van der Waals surface area contributed by atoms with Crippen LogP contribution in [0.4, 0.5) is 24.7 Å². The molecule has 9 heteroatoms. The summed E-state index contributed by atoms with van der Waals surface area (Å²) in [4.78, 5) is 15.4. The summed E-state index contributed by atoms with van der Waals surface area (Å²) in [5, 5.41) is 7.20. The van der Waals surface area contributed by atoms with E-state index in [0.717, 1.165) is 14.7 Å². The molecule has 5 rings (SSSR count). The highest BCUT2D eigenvalue weighted by atomic mass is 79.9. The van der Waals surface area contributed by atoms with Crippen LogP contribution in [-0.2, 0) is 6.54 Å². The molecule has 0 fully saturated rings. The molecule has 0 saturated heterocycles. The molecule has 0 saturated carbocycles. The van der Waals surface area contributed by atoms with Gasteiger partial charge in [-0.2, -0.15) is 18.3 Å². The Morgan fingerprint density at radius 3 is 2.28 bits per heavy atom. The highest BCUT2D eigenvalue weighted by Gasteiger charge is 2.47. The standard InChI is InChI=1S/C27H22BrF3N4O/c28-20-13-11-19(12-14-20)23-15-24(27(29,30)31)35-25(33-23)22(16-32-35)26(36)34(21-9-5-2-6-10-21)17-18-7-3-1-4-8-18/h1-14,16,23-24,33H,15,17H2/t23-,24-/m1/s1. The Labute approximate surface area is 214 Å². The van der Waals surface area contributed by atoms with Crippen LogP contribution in [0.5, 0.6) is 0 Å². The largest absolute Gasteiger partial charge is 0.410 e. The monoisotopic (exact) mass is 554 g/mol. The van der Waals surface area contributed by atoms with Crippen molar-refractivity contribution in [2.75, 3.05) is 10.2 Å². The highest BCUT2D eigenvalue weighted by molar-refractivity contribution is 9.10. The van der Waals surface area contributed by atoms with E-state index in [9.17, 15) is 18.0 Å². The van der Waals surface area contributed by atoms with Gasteiger partial charge in [0.25, 0.3) is 5.91 Å². The minimum Gasteiger partial charge on any atom is -0.363 e. The third kappa shape index (κ3) is 4.88. The first-order valence-electron chi connectivity index (χ1n) is 11.4. The maximum atomic E-state index is 14.1. The van der Waals surface area contributed by atoms with Crippen molar-refractivity contribution < 1.29 is 18.0 Å². The van der Waals surface area contributed by atoms with Crippen molar-refractivity contribution in [1.29, 1.82) is 0 Å². The molecule has 0 aliphatic carbocycles. The molecule has 1 N–H and O–H groups in total. The molecular weight excluding hydrogens is 533 g/mol. The number of hydrogen-bond donors (Lipinski definition) is 1. The highest BCUT2D eigenvalue weighted by Crippen LogP contribution is 2.44. The molecule has 36 heavy (non-hydrogen) atoms. The summed E-state index contributed by atoms with van der Waals surface area (Å²) in [6, 6.07) is 23.1. The number of hydrogen-bond acceptors (Lipinski definition) is 3. The molecule has 184 valence electrons. The number of halogens is 4. The van der Waals surface area contributed by atoms with Crippen LogP contribution >= 0.6 is 15.9 Å². The molecule has 1 aliphatic rings. The maximum Gasteiger partial charge on any atom is 0.410 e. The number of fused-ring (bicyclic) bond motifs is 1. The van der Waals surface area contributed by atoms with Crippen molar-refractivity contribution in [3.63, 3.8) is 0 Å². The van der Waals surface area contributed by atoms with E-state index in [0.29, 0.717) is 11.3 Å². The molecule has 0 bridgehead atoms. The van der Waals surface area contributed by atoms with Gasteiger partial charge < -0.3 is 10.2 Å². The number of nitrogens with one attached hydrogen (secondary N) is 1.